The van der Waals surface area contributed by atoms with E-state index in [1.165, 1.54) is 10.8 Å². The fraction of sp³-hybridized carbons (Fsp3) is 0.0556. The van der Waals surface area contributed by atoms with Gasteiger partial charge in [0.2, 0.25) is 0 Å². The highest BCUT2D eigenvalue weighted by Crippen LogP contribution is 2.22. The highest BCUT2D eigenvalue weighted by atomic mass is 16.1. The number of aromatic nitrogens is 4. The molecule has 2 heterocycles. The highest BCUT2D eigenvalue weighted by molar-refractivity contribution is 5.86. The van der Waals surface area contributed by atoms with E-state index >= 15 is 0 Å². The van der Waals surface area contributed by atoms with E-state index in [9.17, 15) is 4.79 Å². The number of nitrogens with one attached hydrogen (secondary N) is 1. The van der Waals surface area contributed by atoms with Gasteiger partial charge < -0.3 is 4.98 Å². The maximum Gasteiger partial charge on any atom is 0.253 e. The van der Waals surface area contributed by atoms with Crippen molar-refractivity contribution in [2.75, 3.05) is 0 Å². The van der Waals surface area contributed by atoms with Crippen LogP contribution in [0.3, 0.4) is 0 Å². The number of rotatable bonds is 3. The van der Waals surface area contributed by atoms with Gasteiger partial charge in [0, 0.05) is 17.3 Å². The lowest BCUT2D eigenvalue weighted by Crippen LogP contribution is -2.14. The minimum atomic E-state index is -0.102. The predicted molar refractivity (Wildman–Crippen MR) is 89.1 cm³/mol. The lowest BCUT2D eigenvalue weighted by molar-refractivity contribution is 0.645. The van der Waals surface area contributed by atoms with Gasteiger partial charge in [-0.1, -0.05) is 47.7 Å². The Labute approximate surface area is 132 Å². The molecule has 23 heavy (non-hydrogen) atoms. The van der Waals surface area contributed by atoms with Crippen LogP contribution in [-0.2, 0) is 6.54 Å². The van der Waals surface area contributed by atoms with E-state index in [2.05, 4.69) is 39.6 Å². The first-order valence-corrected chi connectivity index (χ1v) is 7.35. The Kier molecular flexibility index (Phi) is 3.24. The summed E-state index contributed by atoms with van der Waals surface area (Å²) in [5.74, 6) is 0. The van der Waals surface area contributed by atoms with Crippen LogP contribution in [0.4, 0.5) is 0 Å². The van der Waals surface area contributed by atoms with Gasteiger partial charge in [-0.3, -0.25) is 4.79 Å². The normalized spacial score (nSPS) is 11.0. The summed E-state index contributed by atoms with van der Waals surface area (Å²) in [4.78, 5) is 14.4. The molecule has 0 radical (unpaired) electrons. The zero-order valence-corrected chi connectivity index (χ0v) is 12.3. The SMILES string of the molecule is O=c1[nH]cccc1Cn1cc(-c2ccc3ccccc3c2)nn1. The Morgan fingerprint density at radius 1 is 1.00 bits per heavy atom. The molecular weight excluding hydrogens is 288 g/mol. The molecule has 112 valence electrons. The Hall–Kier alpha value is -3.21. The Morgan fingerprint density at radius 2 is 1.87 bits per heavy atom. The van der Waals surface area contributed by atoms with Crippen molar-refractivity contribution in [1.82, 2.24) is 20.0 Å². The van der Waals surface area contributed by atoms with Gasteiger partial charge in [0.25, 0.3) is 5.56 Å². The van der Waals surface area contributed by atoms with Gasteiger partial charge in [-0.25, -0.2) is 4.68 Å². The monoisotopic (exact) mass is 302 g/mol. The molecule has 0 saturated carbocycles. The molecule has 0 aliphatic carbocycles. The quantitative estimate of drug-likeness (QED) is 0.633. The standard InChI is InChI=1S/C18H14N4O/c23-18-16(6-3-9-19-18)11-22-12-17(20-21-22)15-8-7-13-4-1-2-5-14(13)10-15/h1-10,12H,11H2,(H,19,23). The summed E-state index contributed by atoms with van der Waals surface area (Å²) in [5.41, 5.74) is 2.36. The van der Waals surface area contributed by atoms with E-state index in [1.807, 2.05) is 24.4 Å². The molecule has 0 bridgehead atoms. The summed E-state index contributed by atoms with van der Waals surface area (Å²) in [6.07, 6.45) is 3.48. The summed E-state index contributed by atoms with van der Waals surface area (Å²) < 4.78 is 1.68. The molecule has 0 fully saturated rings. The largest absolute Gasteiger partial charge is 0.329 e. The van der Waals surface area contributed by atoms with Gasteiger partial charge in [-0.05, 0) is 22.9 Å². The van der Waals surface area contributed by atoms with Crippen LogP contribution in [-0.4, -0.2) is 20.0 Å². The van der Waals surface area contributed by atoms with Crippen molar-refractivity contribution in [3.05, 3.63) is 82.9 Å². The first-order valence-electron chi connectivity index (χ1n) is 7.35. The summed E-state index contributed by atoms with van der Waals surface area (Å²) in [5, 5.41) is 10.7. The third kappa shape index (κ3) is 2.64. The second-order valence-corrected chi connectivity index (χ2v) is 5.39. The fourth-order valence-electron chi connectivity index (χ4n) is 2.61. The molecule has 5 nitrogen and oxygen atoms in total. The number of fused-ring (bicyclic) bond motifs is 1. The molecule has 5 heteroatoms. The lowest BCUT2D eigenvalue weighted by atomic mass is 10.1. The molecular formula is C18H14N4O. The second-order valence-electron chi connectivity index (χ2n) is 5.39. The number of pyridine rings is 1. The number of hydrogen-bond donors (Lipinski definition) is 1. The molecule has 0 aliphatic heterocycles. The Bertz CT molecular complexity index is 1030. The topological polar surface area (TPSA) is 63.6 Å². The lowest BCUT2D eigenvalue weighted by Gasteiger charge is -2.00. The van der Waals surface area contributed by atoms with Crippen molar-refractivity contribution in [2.24, 2.45) is 0 Å². The smallest absolute Gasteiger partial charge is 0.253 e. The molecule has 4 aromatic rings. The van der Waals surface area contributed by atoms with E-state index in [-0.39, 0.29) is 5.56 Å². The van der Waals surface area contributed by atoms with Crippen LogP contribution in [0.25, 0.3) is 22.0 Å². The number of hydrogen-bond acceptors (Lipinski definition) is 3. The third-order valence-corrected chi connectivity index (χ3v) is 3.82. The number of aromatic amines is 1. The molecule has 2 aromatic carbocycles. The van der Waals surface area contributed by atoms with E-state index in [4.69, 9.17) is 0 Å². The summed E-state index contributed by atoms with van der Waals surface area (Å²) in [7, 11) is 0. The van der Waals surface area contributed by atoms with Crippen LogP contribution < -0.4 is 5.56 Å². The van der Waals surface area contributed by atoms with E-state index in [0.29, 0.717) is 12.1 Å². The molecule has 0 spiro atoms. The summed E-state index contributed by atoms with van der Waals surface area (Å²) in [6.45, 7) is 0.400. The molecule has 4 rings (SSSR count). The first-order chi connectivity index (χ1) is 11.3. The van der Waals surface area contributed by atoms with Crippen molar-refractivity contribution in [3.63, 3.8) is 0 Å². The molecule has 0 unspecified atom stereocenters. The van der Waals surface area contributed by atoms with Gasteiger partial charge in [-0.15, -0.1) is 5.10 Å². The average molecular weight is 302 g/mol. The number of H-pyrrole nitrogens is 1. The summed E-state index contributed by atoms with van der Waals surface area (Å²) >= 11 is 0. The average Bonchev–Trinajstić information content (AvgIpc) is 3.05. The minimum Gasteiger partial charge on any atom is -0.329 e. The predicted octanol–water partition coefficient (Wildman–Crippen LogP) is 2.83. The maximum atomic E-state index is 11.7. The van der Waals surface area contributed by atoms with E-state index in [0.717, 1.165) is 11.3 Å². The van der Waals surface area contributed by atoms with Gasteiger partial charge in [0.05, 0.1) is 12.7 Å². The van der Waals surface area contributed by atoms with E-state index < -0.39 is 0 Å². The van der Waals surface area contributed by atoms with Gasteiger partial charge in [-0.2, -0.15) is 0 Å². The Morgan fingerprint density at radius 3 is 2.74 bits per heavy atom. The fourth-order valence-corrected chi connectivity index (χ4v) is 2.61. The molecule has 2 aromatic heterocycles. The molecule has 0 saturated heterocycles. The number of nitrogens with zero attached hydrogens (tertiary/aromatic N) is 3. The van der Waals surface area contributed by atoms with Crippen LogP contribution in [0, 0.1) is 0 Å². The van der Waals surface area contributed by atoms with Gasteiger partial charge in [0.1, 0.15) is 5.69 Å². The van der Waals surface area contributed by atoms with Crippen LogP contribution in [0.5, 0.6) is 0 Å². The molecule has 0 atom stereocenters. The third-order valence-electron chi connectivity index (χ3n) is 3.82. The van der Waals surface area contributed by atoms with Crippen LogP contribution in [0.2, 0.25) is 0 Å². The zero-order valence-electron chi connectivity index (χ0n) is 12.3. The van der Waals surface area contributed by atoms with Crippen LogP contribution in [0.15, 0.2) is 71.8 Å². The minimum absolute atomic E-state index is 0.102. The molecule has 0 aliphatic rings. The van der Waals surface area contributed by atoms with Crippen LogP contribution >= 0.6 is 0 Å². The van der Waals surface area contributed by atoms with Gasteiger partial charge >= 0.3 is 0 Å². The van der Waals surface area contributed by atoms with Crippen molar-refractivity contribution < 1.29 is 0 Å². The van der Waals surface area contributed by atoms with Crippen molar-refractivity contribution >= 4 is 10.8 Å². The number of benzene rings is 2. The molecule has 0 amide bonds. The second kappa shape index (κ2) is 5.53. The van der Waals surface area contributed by atoms with Gasteiger partial charge in [0.15, 0.2) is 0 Å². The molecule has 1 N–H and O–H groups in total. The summed E-state index contributed by atoms with van der Waals surface area (Å²) in [6, 6.07) is 18.0. The maximum absolute atomic E-state index is 11.7. The van der Waals surface area contributed by atoms with Crippen molar-refractivity contribution in [2.45, 2.75) is 6.54 Å². The van der Waals surface area contributed by atoms with Crippen molar-refractivity contribution in [3.8, 4) is 11.3 Å². The van der Waals surface area contributed by atoms with Crippen LogP contribution in [0.1, 0.15) is 5.56 Å². The highest BCUT2D eigenvalue weighted by Gasteiger charge is 2.06. The first kappa shape index (κ1) is 13.5. The van der Waals surface area contributed by atoms with Crippen molar-refractivity contribution in [1.29, 1.82) is 0 Å². The Balaban J connectivity index is 1.66. The zero-order chi connectivity index (χ0) is 15.6. The van der Waals surface area contributed by atoms with E-state index in [1.54, 1.807) is 23.0 Å².